The maximum atomic E-state index is 12.1. The highest BCUT2D eigenvalue weighted by atomic mass is 16.3. The third kappa shape index (κ3) is 4.97. The van der Waals surface area contributed by atoms with E-state index >= 15 is 0 Å². The zero-order valence-corrected chi connectivity index (χ0v) is 13.0. The summed E-state index contributed by atoms with van der Waals surface area (Å²) in [6.45, 7) is 8.09. The van der Waals surface area contributed by atoms with Crippen LogP contribution in [-0.2, 0) is 4.79 Å². The van der Waals surface area contributed by atoms with Crippen LogP contribution in [-0.4, -0.2) is 17.1 Å². The summed E-state index contributed by atoms with van der Waals surface area (Å²) in [6, 6.07) is 9.51. The minimum absolute atomic E-state index is 0.0105. The van der Waals surface area contributed by atoms with Crippen molar-refractivity contribution >= 4 is 5.91 Å². The molecule has 1 aromatic rings. The van der Waals surface area contributed by atoms with Gasteiger partial charge in [0.15, 0.2) is 0 Å². The lowest BCUT2D eigenvalue weighted by atomic mass is 9.92. The first-order chi connectivity index (χ1) is 9.45. The quantitative estimate of drug-likeness (QED) is 0.803. The molecule has 0 radical (unpaired) electrons. The fourth-order valence-electron chi connectivity index (χ4n) is 2.19. The van der Waals surface area contributed by atoms with Crippen LogP contribution in [0.5, 0.6) is 0 Å². The Labute approximate surface area is 122 Å². The Morgan fingerprint density at radius 1 is 1.20 bits per heavy atom. The van der Waals surface area contributed by atoms with Gasteiger partial charge in [-0.1, -0.05) is 57.5 Å². The Bertz CT molecular complexity index is 405. The summed E-state index contributed by atoms with van der Waals surface area (Å²) in [4.78, 5) is 12.1. The molecular formula is C17H27NO2. The van der Waals surface area contributed by atoms with E-state index in [-0.39, 0.29) is 17.9 Å². The van der Waals surface area contributed by atoms with Gasteiger partial charge >= 0.3 is 0 Å². The van der Waals surface area contributed by atoms with Crippen molar-refractivity contribution in [2.24, 2.45) is 11.8 Å². The van der Waals surface area contributed by atoms with Gasteiger partial charge in [-0.15, -0.1) is 0 Å². The third-order valence-corrected chi connectivity index (χ3v) is 4.06. The second-order valence-electron chi connectivity index (χ2n) is 5.75. The van der Waals surface area contributed by atoms with Gasteiger partial charge in [-0.3, -0.25) is 4.79 Å². The lowest BCUT2D eigenvalue weighted by molar-refractivity contribution is -0.126. The molecule has 1 amide bonds. The molecule has 0 saturated carbocycles. The van der Waals surface area contributed by atoms with Crippen LogP contribution in [0.15, 0.2) is 30.3 Å². The molecule has 20 heavy (non-hydrogen) atoms. The Balaban J connectivity index is 2.47. The van der Waals surface area contributed by atoms with Gasteiger partial charge in [-0.25, -0.2) is 0 Å². The van der Waals surface area contributed by atoms with Gasteiger partial charge in [-0.05, 0) is 24.8 Å². The number of carbonyl (C=O) groups excluding carboxylic acids is 1. The van der Waals surface area contributed by atoms with Crippen molar-refractivity contribution in [2.75, 3.05) is 0 Å². The van der Waals surface area contributed by atoms with Gasteiger partial charge in [0.05, 0.1) is 6.10 Å². The normalized spacial score (nSPS) is 17.1. The summed E-state index contributed by atoms with van der Waals surface area (Å²) in [5, 5.41) is 13.1. The van der Waals surface area contributed by atoms with Crippen LogP contribution < -0.4 is 5.32 Å². The number of aliphatic hydroxyl groups excluding tert-OH is 1. The second kappa shape index (κ2) is 8.05. The van der Waals surface area contributed by atoms with Crippen LogP contribution in [0.1, 0.15) is 52.2 Å². The molecule has 0 fully saturated rings. The van der Waals surface area contributed by atoms with Crippen molar-refractivity contribution in [2.45, 2.75) is 52.7 Å². The van der Waals surface area contributed by atoms with Crippen molar-refractivity contribution in [1.29, 1.82) is 0 Å². The number of rotatable bonds is 7. The molecule has 1 aromatic carbocycles. The lowest BCUT2D eigenvalue weighted by Gasteiger charge is -2.23. The van der Waals surface area contributed by atoms with Crippen molar-refractivity contribution < 1.29 is 9.90 Å². The van der Waals surface area contributed by atoms with E-state index in [1.807, 2.05) is 44.2 Å². The average Bonchev–Trinajstić information content (AvgIpc) is 2.46. The summed E-state index contributed by atoms with van der Waals surface area (Å²) in [7, 11) is 0. The summed E-state index contributed by atoms with van der Waals surface area (Å²) < 4.78 is 0. The largest absolute Gasteiger partial charge is 0.388 e. The van der Waals surface area contributed by atoms with E-state index in [9.17, 15) is 9.90 Å². The van der Waals surface area contributed by atoms with E-state index in [0.717, 1.165) is 12.0 Å². The van der Waals surface area contributed by atoms with E-state index in [4.69, 9.17) is 0 Å². The lowest BCUT2D eigenvalue weighted by Crippen LogP contribution is -2.39. The van der Waals surface area contributed by atoms with Crippen LogP contribution in [0, 0.1) is 11.8 Å². The third-order valence-electron chi connectivity index (χ3n) is 4.06. The van der Waals surface area contributed by atoms with Crippen molar-refractivity contribution in [1.82, 2.24) is 5.32 Å². The molecule has 0 aliphatic heterocycles. The summed E-state index contributed by atoms with van der Waals surface area (Å²) >= 11 is 0. The highest BCUT2D eigenvalue weighted by Gasteiger charge is 2.21. The molecule has 0 saturated heterocycles. The Morgan fingerprint density at radius 2 is 1.80 bits per heavy atom. The molecule has 112 valence electrons. The SMILES string of the molecule is CCC(C)C(C)C(=O)NC(C)CC(O)c1ccccc1. The highest BCUT2D eigenvalue weighted by Crippen LogP contribution is 2.19. The Hall–Kier alpha value is -1.35. The molecular weight excluding hydrogens is 250 g/mol. The Kier molecular flexibility index (Phi) is 6.73. The predicted molar refractivity (Wildman–Crippen MR) is 82.2 cm³/mol. The number of nitrogens with one attached hydrogen (secondary N) is 1. The molecule has 4 unspecified atom stereocenters. The van der Waals surface area contributed by atoms with Gasteiger partial charge in [0.2, 0.25) is 5.91 Å². The summed E-state index contributed by atoms with van der Waals surface area (Å²) in [5.74, 6) is 0.463. The minimum atomic E-state index is -0.537. The minimum Gasteiger partial charge on any atom is -0.388 e. The van der Waals surface area contributed by atoms with Crippen molar-refractivity contribution in [3.8, 4) is 0 Å². The zero-order valence-electron chi connectivity index (χ0n) is 13.0. The topological polar surface area (TPSA) is 49.3 Å². The van der Waals surface area contributed by atoms with E-state index in [1.165, 1.54) is 0 Å². The molecule has 3 nitrogen and oxygen atoms in total. The van der Waals surface area contributed by atoms with E-state index in [1.54, 1.807) is 0 Å². The molecule has 0 heterocycles. The van der Waals surface area contributed by atoms with E-state index in [0.29, 0.717) is 12.3 Å². The van der Waals surface area contributed by atoms with Gasteiger partial charge in [-0.2, -0.15) is 0 Å². The smallest absolute Gasteiger partial charge is 0.223 e. The number of benzene rings is 1. The van der Waals surface area contributed by atoms with Gasteiger partial charge < -0.3 is 10.4 Å². The van der Waals surface area contributed by atoms with Crippen LogP contribution in [0.4, 0.5) is 0 Å². The maximum absolute atomic E-state index is 12.1. The van der Waals surface area contributed by atoms with E-state index in [2.05, 4.69) is 19.2 Å². The van der Waals surface area contributed by atoms with E-state index < -0.39 is 6.10 Å². The standard InChI is InChI=1S/C17H27NO2/c1-5-12(2)14(4)17(20)18-13(3)11-16(19)15-9-7-6-8-10-15/h6-10,12-14,16,19H,5,11H2,1-4H3,(H,18,20). The van der Waals surface area contributed by atoms with Gasteiger partial charge in [0.25, 0.3) is 0 Å². The first kappa shape index (κ1) is 16.7. The molecule has 2 N–H and O–H groups in total. The number of carbonyl (C=O) groups is 1. The zero-order chi connectivity index (χ0) is 15.1. The first-order valence-electron chi connectivity index (χ1n) is 7.49. The first-order valence-corrected chi connectivity index (χ1v) is 7.49. The highest BCUT2D eigenvalue weighted by molar-refractivity contribution is 5.78. The second-order valence-corrected chi connectivity index (χ2v) is 5.75. The van der Waals surface area contributed by atoms with Gasteiger partial charge in [0, 0.05) is 12.0 Å². The van der Waals surface area contributed by atoms with Gasteiger partial charge in [0.1, 0.15) is 0 Å². The summed E-state index contributed by atoms with van der Waals surface area (Å²) in [5.41, 5.74) is 0.892. The van der Waals surface area contributed by atoms with Crippen LogP contribution in [0.3, 0.4) is 0 Å². The Morgan fingerprint density at radius 3 is 2.35 bits per heavy atom. The number of aliphatic hydroxyl groups is 1. The monoisotopic (exact) mass is 277 g/mol. The molecule has 4 atom stereocenters. The molecule has 0 spiro atoms. The van der Waals surface area contributed by atoms with Crippen LogP contribution >= 0.6 is 0 Å². The number of amides is 1. The molecule has 0 aliphatic carbocycles. The fourth-order valence-corrected chi connectivity index (χ4v) is 2.19. The molecule has 3 heteroatoms. The summed E-state index contributed by atoms with van der Waals surface area (Å²) in [6.07, 6.45) is 0.990. The van der Waals surface area contributed by atoms with Crippen molar-refractivity contribution in [3.63, 3.8) is 0 Å². The predicted octanol–water partition coefficient (Wildman–Crippen LogP) is 3.30. The number of hydrogen-bond donors (Lipinski definition) is 2. The maximum Gasteiger partial charge on any atom is 0.223 e. The molecule has 0 bridgehead atoms. The number of hydrogen-bond acceptors (Lipinski definition) is 2. The fraction of sp³-hybridized carbons (Fsp3) is 0.588. The molecule has 0 aliphatic rings. The van der Waals surface area contributed by atoms with Crippen molar-refractivity contribution in [3.05, 3.63) is 35.9 Å². The molecule has 0 aromatic heterocycles. The molecule has 1 rings (SSSR count). The average molecular weight is 277 g/mol. The van der Waals surface area contributed by atoms with Crippen LogP contribution in [0.2, 0.25) is 0 Å². The van der Waals surface area contributed by atoms with Crippen LogP contribution in [0.25, 0.3) is 0 Å².